The van der Waals surface area contributed by atoms with Crippen LogP contribution >= 0.6 is 11.6 Å². The molecule has 2 aromatic carbocycles. The number of fused-ring (bicyclic) bond motifs is 1. The van der Waals surface area contributed by atoms with Crippen molar-refractivity contribution >= 4 is 34.9 Å². The Labute approximate surface area is 156 Å². The van der Waals surface area contributed by atoms with Crippen molar-refractivity contribution in [3.63, 3.8) is 0 Å². The maximum absolute atomic E-state index is 13.0. The Morgan fingerprint density at radius 3 is 2.15 bits per heavy atom. The summed E-state index contributed by atoms with van der Waals surface area (Å²) in [6, 6.07) is 13.5. The molecule has 2 aromatic rings. The van der Waals surface area contributed by atoms with E-state index in [1.54, 1.807) is 36.4 Å². The molecule has 0 aromatic heterocycles. The average molecular weight is 368 g/mol. The summed E-state index contributed by atoms with van der Waals surface area (Å²) >= 11 is 6.11. The molecular weight excluding hydrogens is 350 g/mol. The van der Waals surface area contributed by atoms with Crippen LogP contribution in [0, 0.1) is 11.8 Å². The minimum atomic E-state index is -0.258. The zero-order chi connectivity index (χ0) is 18.3. The van der Waals surface area contributed by atoms with Crippen LogP contribution in [0.1, 0.15) is 41.6 Å². The summed E-state index contributed by atoms with van der Waals surface area (Å²) < 4.78 is 0. The van der Waals surface area contributed by atoms with E-state index in [0.29, 0.717) is 16.3 Å². The van der Waals surface area contributed by atoms with Gasteiger partial charge in [0.05, 0.1) is 17.5 Å². The van der Waals surface area contributed by atoms with E-state index in [2.05, 4.69) is 0 Å². The van der Waals surface area contributed by atoms with Gasteiger partial charge in [-0.3, -0.25) is 14.4 Å². The highest BCUT2D eigenvalue weighted by Gasteiger charge is 2.49. The number of carbonyl (C=O) groups excluding carboxylic acids is 3. The molecule has 1 saturated heterocycles. The Kier molecular flexibility index (Phi) is 4.37. The van der Waals surface area contributed by atoms with Gasteiger partial charge in [-0.2, -0.15) is 0 Å². The third-order valence-electron chi connectivity index (χ3n) is 5.32. The highest BCUT2D eigenvalue weighted by Crippen LogP contribution is 2.41. The van der Waals surface area contributed by atoms with E-state index in [1.807, 2.05) is 6.07 Å². The van der Waals surface area contributed by atoms with E-state index in [0.717, 1.165) is 25.7 Å². The first-order chi connectivity index (χ1) is 12.6. The van der Waals surface area contributed by atoms with E-state index < -0.39 is 0 Å². The molecule has 5 heteroatoms. The van der Waals surface area contributed by atoms with Crippen LogP contribution in [0.3, 0.4) is 0 Å². The monoisotopic (exact) mass is 367 g/mol. The lowest BCUT2D eigenvalue weighted by atomic mass is 9.81. The van der Waals surface area contributed by atoms with Crippen LogP contribution in [0.15, 0.2) is 48.5 Å². The van der Waals surface area contributed by atoms with E-state index >= 15 is 0 Å². The zero-order valence-corrected chi connectivity index (χ0v) is 14.9. The van der Waals surface area contributed by atoms with Crippen LogP contribution in [-0.2, 0) is 9.59 Å². The molecule has 1 aliphatic heterocycles. The lowest BCUT2D eigenvalue weighted by Gasteiger charge is -2.19. The Balaban J connectivity index is 1.79. The second-order valence-corrected chi connectivity index (χ2v) is 7.30. The Morgan fingerprint density at radius 2 is 1.54 bits per heavy atom. The fourth-order valence-corrected chi connectivity index (χ4v) is 4.20. The van der Waals surface area contributed by atoms with Crippen LogP contribution in [0.25, 0.3) is 0 Å². The first-order valence-corrected chi connectivity index (χ1v) is 9.23. The summed E-state index contributed by atoms with van der Waals surface area (Å²) in [5.41, 5.74) is 1.12. The normalized spacial score (nSPS) is 22.4. The van der Waals surface area contributed by atoms with Gasteiger partial charge < -0.3 is 0 Å². The van der Waals surface area contributed by atoms with Crippen LogP contribution in [0.2, 0.25) is 5.02 Å². The van der Waals surface area contributed by atoms with Gasteiger partial charge in [0.2, 0.25) is 11.8 Å². The number of amides is 2. The van der Waals surface area contributed by atoms with Crippen molar-refractivity contribution in [2.45, 2.75) is 25.7 Å². The smallest absolute Gasteiger partial charge is 0.237 e. The number of nitrogens with zero attached hydrogens (tertiary/aromatic N) is 1. The topological polar surface area (TPSA) is 54.5 Å². The number of hydrogen-bond acceptors (Lipinski definition) is 3. The van der Waals surface area contributed by atoms with Gasteiger partial charge in [0.1, 0.15) is 0 Å². The predicted octanol–water partition coefficient (Wildman–Crippen LogP) is 4.25. The van der Waals surface area contributed by atoms with Gasteiger partial charge in [-0.1, -0.05) is 54.8 Å². The Morgan fingerprint density at radius 1 is 0.923 bits per heavy atom. The molecule has 0 unspecified atom stereocenters. The fraction of sp³-hybridized carbons (Fsp3) is 0.286. The molecule has 2 amide bonds. The van der Waals surface area contributed by atoms with Crippen LogP contribution in [-0.4, -0.2) is 17.6 Å². The molecule has 1 heterocycles. The zero-order valence-electron chi connectivity index (χ0n) is 14.2. The molecule has 132 valence electrons. The molecule has 0 radical (unpaired) electrons. The number of hydrogen-bond donors (Lipinski definition) is 0. The van der Waals surface area contributed by atoms with E-state index in [4.69, 9.17) is 11.6 Å². The van der Waals surface area contributed by atoms with Crippen molar-refractivity contribution in [1.29, 1.82) is 0 Å². The van der Waals surface area contributed by atoms with Crippen LogP contribution in [0.5, 0.6) is 0 Å². The number of ketones is 1. The molecule has 4 nitrogen and oxygen atoms in total. The fourth-order valence-electron chi connectivity index (χ4n) is 4.03. The van der Waals surface area contributed by atoms with E-state index in [9.17, 15) is 14.4 Å². The lowest BCUT2D eigenvalue weighted by Crippen LogP contribution is -2.32. The van der Waals surface area contributed by atoms with Crippen molar-refractivity contribution in [1.82, 2.24) is 0 Å². The number of halogens is 1. The molecular formula is C21H18ClNO3. The molecule has 1 saturated carbocycles. The third-order valence-corrected chi connectivity index (χ3v) is 5.56. The van der Waals surface area contributed by atoms with Crippen molar-refractivity contribution in [2.24, 2.45) is 11.8 Å². The summed E-state index contributed by atoms with van der Waals surface area (Å²) in [4.78, 5) is 40.0. The largest absolute Gasteiger partial charge is 0.289 e. The second kappa shape index (κ2) is 6.69. The highest BCUT2D eigenvalue weighted by molar-refractivity contribution is 6.32. The van der Waals surface area contributed by atoms with E-state index in [1.165, 1.54) is 11.0 Å². The van der Waals surface area contributed by atoms with E-state index in [-0.39, 0.29) is 35.0 Å². The third kappa shape index (κ3) is 2.74. The quantitative estimate of drug-likeness (QED) is 0.602. The first-order valence-electron chi connectivity index (χ1n) is 8.85. The molecule has 0 N–H and O–H groups in total. The van der Waals surface area contributed by atoms with Gasteiger partial charge in [-0.25, -0.2) is 4.90 Å². The van der Waals surface area contributed by atoms with Gasteiger partial charge in [0.15, 0.2) is 5.78 Å². The number of rotatable bonds is 3. The Hall–Kier alpha value is -2.46. The standard InChI is InChI=1S/C21H18ClNO3/c22-14-10-11-18(17(12-14)19(24)13-6-2-1-3-7-13)23-20(25)15-8-4-5-9-16(15)21(23)26/h1-3,6-7,10-12,15-16H,4-5,8-9H2/t15-,16-/m0/s1. The maximum atomic E-state index is 13.0. The Bertz CT molecular complexity index is 869. The van der Waals surface area contributed by atoms with Crippen molar-refractivity contribution < 1.29 is 14.4 Å². The highest BCUT2D eigenvalue weighted by atomic mass is 35.5. The number of imide groups is 1. The van der Waals surface area contributed by atoms with Gasteiger partial charge in [-0.05, 0) is 31.0 Å². The molecule has 2 fully saturated rings. The summed E-state index contributed by atoms with van der Waals surface area (Å²) in [7, 11) is 0. The average Bonchev–Trinajstić information content (AvgIpc) is 2.93. The van der Waals surface area contributed by atoms with Gasteiger partial charge in [0.25, 0.3) is 0 Å². The van der Waals surface area contributed by atoms with Crippen molar-refractivity contribution in [2.75, 3.05) is 4.90 Å². The van der Waals surface area contributed by atoms with Gasteiger partial charge in [0, 0.05) is 16.1 Å². The van der Waals surface area contributed by atoms with Crippen LogP contribution in [0.4, 0.5) is 5.69 Å². The molecule has 2 atom stereocenters. The molecule has 4 rings (SSSR count). The van der Waals surface area contributed by atoms with Crippen molar-refractivity contribution in [3.05, 3.63) is 64.7 Å². The first kappa shape index (κ1) is 17.0. The summed E-state index contributed by atoms with van der Waals surface area (Å²) in [5, 5.41) is 0.393. The second-order valence-electron chi connectivity index (χ2n) is 6.87. The number of benzene rings is 2. The van der Waals surface area contributed by atoms with Crippen LogP contribution < -0.4 is 4.90 Å². The molecule has 0 spiro atoms. The lowest BCUT2D eigenvalue weighted by molar-refractivity contribution is -0.122. The molecule has 0 bridgehead atoms. The summed E-state index contributed by atoms with van der Waals surface area (Å²) in [5.74, 6) is -1.15. The van der Waals surface area contributed by atoms with Gasteiger partial charge >= 0.3 is 0 Å². The minimum Gasteiger partial charge on any atom is -0.289 e. The summed E-state index contributed by atoms with van der Waals surface area (Å²) in [6.45, 7) is 0. The maximum Gasteiger partial charge on any atom is 0.237 e. The number of anilines is 1. The predicted molar refractivity (Wildman–Crippen MR) is 99.3 cm³/mol. The SMILES string of the molecule is O=C(c1ccccc1)c1cc(Cl)ccc1N1C(=O)[C@H]2CCCC[C@@H]2C1=O. The molecule has 1 aliphatic carbocycles. The van der Waals surface area contributed by atoms with Crippen molar-refractivity contribution in [3.8, 4) is 0 Å². The molecule has 26 heavy (non-hydrogen) atoms. The minimum absolute atomic E-state index is 0.191. The van der Waals surface area contributed by atoms with Gasteiger partial charge in [-0.15, -0.1) is 0 Å². The molecule has 2 aliphatic rings. The summed E-state index contributed by atoms with van der Waals surface area (Å²) in [6.07, 6.45) is 3.40. The number of carbonyl (C=O) groups is 3.